The molecule has 7 nitrogen and oxygen atoms in total. The molecule has 3 aliphatic rings. The molecule has 1 aromatic carbocycles. The van der Waals surface area contributed by atoms with Crippen molar-refractivity contribution in [1.29, 1.82) is 0 Å². The van der Waals surface area contributed by atoms with Crippen molar-refractivity contribution in [2.45, 2.75) is 38.1 Å². The Bertz CT molecular complexity index is 873. The molecule has 4 heterocycles. The van der Waals surface area contributed by atoms with Crippen LogP contribution in [0.15, 0.2) is 30.3 Å². The summed E-state index contributed by atoms with van der Waals surface area (Å²) in [6.45, 7) is 6.09. The Hall–Kier alpha value is -2.22. The highest BCUT2D eigenvalue weighted by Gasteiger charge is 2.41. The molecule has 0 saturated carbocycles. The molecule has 0 bridgehead atoms. The molecular formula is C23H31N5O2. The molecule has 160 valence electrons. The van der Waals surface area contributed by atoms with Gasteiger partial charge in [-0.1, -0.05) is 30.3 Å². The van der Waals surface area contributed by atoms with E-state index in [-0.39, 0.29) is 5.79 Å². The summed E-state index contributed by atoms with van der Waals surface area (Å²) in [7, 11) is 4.03. The van der Waals surface area contributed by atoms with Crippen LogP contribution in [0.5, 0.6) is 0 Å². The number of hydrogen-bond donors (Lipinski definition) is 0. The van der Waals surface area contributed by atoms with Crippen LogP contribution in [-0.2, 0) is 29.0 Å². The second kappa shape index (κ2) is 8.13. The second-order valence-corrected chi connectivity index (χ2v) is 8.71. The van der Waals surface area contributed by atoms with Crippen LogP contribution in [0.25, 0.3) is 0 Å². The zero-order chi connectivity index (χ0) is 20.6. The van der Waals surface area contributed by atoms with Gasteiger partial charge in [0.1, 0.15) is 5.82 Å². The van der Waals surface area contributed by atoms with Crippen LogP contribution in [0, 0.1) is 0 Å². The molecule has 2 fully saturated rings. The first-order valence-corrected chi connectivity index (χ1v) is 11.0. The first-order chi connectivity index (χ1) is 14.6. The molecule has 7 heteroatoms. The average Bonchev–Trinajstić information content (AvgIpc) is 3.22. The first-order valence-electron chi connectivity index (χ1n) is 11.0. The fraction of sp³-hybridized carbons (Fsp3) is 0.565. The molecule has 30 heavy (non-hydrogen) atoms. The van der Waals surface area contributed by atoms with Crippen molar-refractivity contribution in [2.75, 3.05) is 56.7 Å². The summed E-state index contributed by atoms with van der Waals surface area (Å²) in [5.41, 5.74) is 3.83. The summed E-state index contributed by atoms with van der Waals surface area (Å²) in [5, 5.41) is 0. The summed E-state index contributed by atoms with van der Waals surface area (Å²) in [6, 6.07) is 10.7. The number of benzene rings is 1. The third-order valence-corrected chi connectivity index (χ3v) is 6.39. The molecule has 0 N–H and O–H groups in total. The Morgan fingerprint density at radius 3 is 2.43 bits per heavy atom. The van der Waals surface area contributed by atoms with Crippen molar-refractivity contribution in [3.8, 4) is 0 Å². The molecular weight excluding hydrogens is 378 g/mol. The third-order valence-electron chi connectivity index (χ3n) is 6.39. The lowest BCUT2D eigenvalue weighted by Crippen LogP contribution is -2.46. The third kappa shape index (κ3) is 3.89. The minimum atomic E-state index is -0.368. The van der Waals surface area contributed by atoms with Crippen LogP contribution in [0.1, 0.15) is 29.7 Å². The van der Waals surface area contributed by atoms with Gasteiger partial charge in [-0.05, 0) is 5.56 Å². The van der Waals surface area contributed by atoms with Gasteiger partial charge in [0, 0.05) is 71.6 Å². The molecule has 5 rings (SSSR count). The minimum Gasteiger partial charge on any atom is -0.356 e. The number of anilines is 2. The van der Waals surface area contributed by atoms with Gasteiger partial charge in [0.25, 0.3) is 0 Å². The molecule has 3 aliphatic heterocycles. The van der Waals surface area contributed by atoms with E-state index < -0.39 is 0 Å². The number of piperidine rings is 1. The molecule has 2 aromatic rings. The predicted molar refractivity (Wildman–Crippen MR) is 117 cm³/mol. The number of rotatable bonds is 4. The van der Waals surface area contributed by atoms with Crippen LogP contribution < -0.4 is 9.80 Å². The van der Waals surface area contributed by atoms with E-state index in [0.717, 1.165) is 63.8 Å². The van der Waals surface area contributed by atoms with E-state index in [0.29, 0.717) is 13.2 Å². The van der Waals surface area contributed by atoms with Crippen molar-refractivity contribution in [3.63, 3.8) is 0 Å². The molecule has 0 radical (unpaired) electrons. The number of aromatic nitrogens is 2. The van der Waals surface area contributed by atoms with E-state index in [1.54, 1.807) is 0 Å². The quantitative estimate of drug-likeness (QED) is 0.769. The number of nitrogens with zero attached hydrogens (tertiary/aromatic N) is 5. The lowest BCUT2D eigenvalue weighted by atomic mass is 10.0. The average molecular weight is 410 g/mol. The maximum absolute atomic E-state index is 5.93. The minimum absolute atomic E-state index is 0.368. The molecule has 0 amide bonds. The summed E-state index contributed by atoms with van der Waals surface area (Å²) < 4.78 is 11.9. The van der Waals surface area contributed by atoms with E-state index in [9.17, 15) is 0 Å². The van der Waals surface area contributed by atoms with Crippen molar-refractivity contribution in [1.82, 2.24) is 14.9 Å². The van der Waals surface area contributed by atoms with Gasteiger partial charge in [-0.2, -0.15) is 4.98 Å². The summed E-state index contributed by atoms with van der Waals surface area (Å²) in [5.74, 6) is 1.52. The molecule has 2 saturated heterocycles. The summed E-state index contributed by atoms with van der Waals surface area (Å²) in [6.07, 6.45) is 2.73. The SMILES string of the molecule is CN(C)c1nc2c(c(N3CCC4(CC3)OCCO4)n1)CN(Cc1ccccc1)CC2. The molecule has 0 aliphatic carbocycles. The standard InChI is InChI=1S/C23H31N5O2/c1-26(2)22-24-20-8-11-27(16-18-6-4-3-5-7-18)17-19(20)21(25-22)28-12-9-23(10-13-28)29-14-15-30-23/h3-7H,8-17H2,1-2H3. The van der Waals surface area contributed by atoms with E-state index in [2.05, 4.69) is 40.1 Å². The monoisotopic (exact) mass is 409 g/mol. The van der Waals surface area contributed by atoms with E-state index in [1.807, 2.05) is 19.0 Å². The molecule has 1 spiro atoms. The van der Waals surface area contributed by atoms with Crippen molar-refractivity contribution in [2.24, 2.45) is 0 Å². The fourth-order valence-electron chi connectivity index (χ4n) is 4.72. The van der Waals surface area contributed by atoms with Gasteiger partial charge in [0.05, 0.1) is 18.9 Å². The largest absolute Gasteiger partial charge is 0.356 e. The smallest absolute Gasteiger partial charge is 0.227 e. The molecule has 1 aromatic heterocycles. The predicted octanol–water partition coefficient (Wildman–Crippen LogP) is 2.44. The maximum Gasteiger partial charge on any atom is 0.227 e. The lowest BCUT2D eigenvalue weighted by Gasteiger charge is -2.40. The Morgan fingerprint density at radius 2 is 1.73 bits per heavy atom. The van der Waals surface area contributed by atoms with E-state index >= 15 is 0 Å². The zero-order valence-electron chi connectivity index (χ0n) is 18.0. The van der Waals surface area contributed by atoms with Crippen LogP contribution in [-0.4, -0.2) is 67.6 Å². The number of hydrogen-bond acceptors (Lipinski definition) is 7. The number of fused-ring (bicyclic) bond motifs is 1. The van der Waals surface area contributed by atoms with Crippen LogP contribution >= 0.6 is 0 Å². The van der Waals surface area contributed by atoms with Crippen molar-refractivity contribution in [3.05, 3.63) is 47.2 Å². The van der Waals surface area contributed by atoms with Gasteiger partial charge < -0.3 is 19.3 Å². The van der Waals surface area contributed by atoms with Crippen molar-refractivity contribution < 1.29 is 9.47 Å². The molecule has 0 atom stereocenters. The number of ether oxygens (including phenoxy) is 2. The Kier molecular flexibility index (Phi) is 5.35. The van der Waals surface area contributed by atoms with E-state index in [1.165, 1.54) is 16.8 Å². The Morgan fingerprint density at radius 1 is 1.00 bits per heavy atom. The highest BCUT2D eigenvalue weighted by molar-refractivity contribution is 5.54. The zero-order valence-corrected chi connectivity index (χ0v) is 18.0. The normalized spacial score (nSPS) is 21.1. The maximum atomic E-state index is 5.93. The lowest BCUT2D eigenvalue weighted by molar-refractivity contribution is -0.169. The second-order valence-electron chi connectivity index (χ2n) is 8.71. The van der Waals surface area contributed by atoms with Gasteiger partial charge in [0.2, 0.25) is 5.95 Å². The van der Waals surface area contributed by atoms with E-state index in [4.69, 9.17) is 19.4 Å². The first kappa shape index (κ1) is 19.7. The van der Waals surface area contributed by atoms with Crippen molar-refractivity contribution >= 4 is 11.8 Å². The van der Waals surface area contributed by atoms with Crippen LogP contribution in [0.2, 0.25) is 0 Å². The van der Waals surface area contributed by atoms with Gasteiger partial charge in [-0.3, -0.25) is 4.90 Å². The summed E-state index contributed by atoms with van der Waals surface area (Å²) >= 11 is 0. The van der Waals surface area contributed by atoms with Gasteiger partial charge in [-0.25, -0.2) is 4.98 Å². The van der Waals surface area contributed by atoms with Gasteiger partial charge in [0.15, 0.2) is 5.79 Å². The molecule has 0 unspecified atom stereocenters. The van der Waals surface area contributed by atoms with Crippen LogP contribution in [0.4, 0.5) is 11.8 Å². The van der Waals surface area contributed by atoms with Gasteiger partial charge in [-0.15, -0.1) is 0 Å². The van der Waals surface area contributed by atoms with Crippen LogP contribution in [0.3, 0.4) is 0 Å². The topological polar surface area (TPSA) is 54.0 Å². The summed E-state index contributed by atoms with van der Waals surface area (Å²) in [4.78, 5) is 16.8. The highest BCUT2D eigenvalue weighted by Crippen LogP contribution is 2.36. The fourth-order valence-corrected chi connectivity index (χ4v) is 4.72. The Balaban J connectivity index is 1.40. The van der Waals surface area contributed by atoms with Gasteiger partial charge >= 0.3 is 0 Å². The Labute approximate surface area is 178 Å². The highest BCUT2D eigenvalue weighted by atomic mass is 16.7.